The van der Waals surface area contributed by atoms with Crippen molar-refractivity contribution in [2.45, 2.75) is 37.8 Å². The van der Waals surface area contributed by atoms with Gasteiger partial charge in [0.1, 0.15) is 17.9 Å². The molecule has 1 saturated heterocycles. The molecule has 1 aliphatic carbocycles. The molecule has 1 aromatic heterocycles. The third kappa shape index (κ3) is 2.37. The summed E-state index contributed by atoms with van der Waals surface area (Å²) in [6.45, 7) is 4.28. The van der Waals surface area contributed by atoms with Crippen LogP contribution in [0.2, 0.25) is 0 Å². The molecule has 1 spiro atoms. The number of carboxylic acid groups (broad SMARTS) is 1. The van der Waals surface area contributed by atoms with Crippen LogP contribution in [0.15, 0.2) is 17.1 Å². The van der Waals surface area contributed by atoms with Crippen molar-refractivity contribution >= 4 is 22.6 Å². The van der Waals surface area contributed by atoms with Gasteiger partial charge in [0, 0.05) is 31.4 Å². The molecule has 0 radical (unpaired) electrons. The SMILES string of the molecule is C[C@H]1COc2c(N3CCNC4(CCC4)C3)c(F)cc3c(=O)c(C(=O)O)cn1c23. The minimum Gasteiger partial charge on any atom is -0.487 e. The van der Waals surface area contributed by atoms with Crippen LogP contribution in [0, 0.1) is 5.82 Å². The third-order valence-electron chi connectivity index (χ3n) is 6.37. The minimum absolute atomic E-state index is 0.0289. The van der Waals surface area contributed by atoms with E-state index in [4.69, 9.17) is 4.74 Å². The molecule has 5 rings (SSSR count). The van der Waals surface area contributed by atoms with Gasteiger partial charge in [0.2, 0.25) is 5.43 Å². The Morgan fingerprint density at radius 3 is 2.89 bits per heavy atom. The Hall–Kier alpha value is -2.61. The summed E-state index contributed by atoms with van der Waals surface area (Å²) in [5.41, 5.74) is -0.148. The van der Waals surface area contributed by atoms with Gasteiger partial charge >= 0.3 is 5.97 Å². The van der Waals surface area contributed by atoms with Crippen molar-refractivity contribution in [1.82, 2.24) is 9.88 Å². The molecule has 2 aliphatic heterocycles. The van der Waals surface area contributed by atoms with Gasteiger partial charge in [-0.25, -0.2) is 9.18 Å². The fraction of sp³-hybridized carbons (Fsp3) is 0.500. The molecule has 0 unspecified atom stereocenters. The molecule has 3 heterocycles. The zero-order valence-electron chi connectivity index (χ0n) is 15.6. The average Bonchev–Trinajstić information content (AvgIpc) is 2.64. The van der Waals surface area contributed by atoms with Gasteiger partial charge in [-0.3, -0.25) is 4.79 Å². The van der Waals surface area contributed by atoms with Crippen LogP contribution < -0.4 is 20.4 Å². The number of pyridine rings is 1. The molecule has 2 fully saturated rings. The number of ether oxygens (including phenoxy) is 1. The summed E-state index contributed by atoms with van der Waals surface area (Å²) in [5, 5.41) is 13.0. The van der Waals surface area contributed by atoms with E-state index in [1.165, 1.54) is 18.7 Å². The van der Waals surface area contributed by atoms with Gasteiger partial charge in [0.25, 0.3) is 0 Å². The Morgan fingerprint density at radius 2 is 2.21 bits per heavy atom. The van der Waals surface area contributed by atoms with Crippen LogP contribution in [0.3, 0.4) is 0 Å². The van der Waals surface area contributed by atoms with Crippen LogP contribution in [0.1, 0.15) is 42.6 Å². The Morgan fingerprint density at radius 1 is 1.43 bits per heavy atom. The number of halogens is 1. The number of nitrogens with one attached hydrogen (secondary N) is 1. The molecule has 3 aliphatic rings. The molecule has 1 atom stereocenters. The van der Waals surface area contributed by atoms with Gasteiger partial charge in [-0.15, -0.1) is 0 Å². The van der Waals surface area contributed by atoms with Crippen LogP contribution in [0.5, 0.6) is 5.75 Å². The van der Waals surface area contributed by atoms with Crippen LogP contribution in [-0.4, -0.2) is 47.4 Å². The molecular formula is C20H22FN3O4. The maximum absolute atomic E-state index is 15.3. The van der Waals surface area contributed by atoms with Gasteiger partial charge < -0.3 is 24.6 Å². The van der Waals surface area contributed by atoms with Crippen LogP contribution in [0.4, 0.5) is 10.1 Å². The molecule has 28 heavy (non-hydrogen) atoms. The summed E-state index contributed by atoms with van der Waals surface area (Å²) < 4.78 is 22.9. The number of aromatic carboxylic acids is 1. The normalized spacial score (nSPS) is 22.8. The van der Waals surface area contributed by atoms with Gasteiger partial charge in [-0.1, -0.05) is 0 Å². The second kappa shape index (κ2) is 5.94. The Labute approximate surface area is 160 Å². The summed E-state index contributed by atoms with van der Waals surface area (Å²) in [5.74, 6) is -1.51. The van der Waals surface area contributed by atoms with Crippen molar-refractivity contribution in [2.24, 2.45) is 0 Å². The average molecular weight is 387 g/mol. The van der Waals surface area contributed by atoms with E-state index >= 15 is 4.39 Å². The lowest BCUT2D eigenvalue weighted by atomic mass is 9.75. The fourth-order valence-corrected chi connectivity index (χ4v) is 4.74. The predicted octanol–water partition coefficient (Wildman–Crippen LogP) is 2.12. The molecule has 148 valence electrons. The second-order valence-corrected chi connectivity index (χ2v) is 8.16. The smallest absolute Gasteiger partial charge is 0.341 e. The number of hydrogen-bond donors (Lipinski definition) is 2. The number of aromatic nitrogens is 1. The monoisotopic (exact) mass is 387 g/mol. The number of benzene rings is 1. The maximum atomic E-state index is 15.3. The first-order chi connectivity index (χ1) is 13.4. The van der Waals surface area contributed by atoms with Crippen molar-refractivity contribution in [3.05, 3.63) is 33.9 Å². The van der Waals surface area contributed by atoms with E-state index in [0.717, 1.165) is 19.4 Å². The van der Waals surface area contributed by atoms with Gasteiger partial charge in [0.15, 0.2) is 11.6 Å². The number of hydrogen-bond acceptors (Lipinski definition) is 5. The third-order valence-corrected chi connectivity index (χ3v) is 6.37. The van der Waals surface area contributed by atoms with Crippen molar-refractivity contribution < 1.29 is 19.0 Å². The van der Waals surface area contributed by atoms with Crippen LogP contribution in [0.25, 0.3) is 10.9 Å². The van der Waals surface area contributed by atoms with Crippen molar-refractivity contribution in [3.63, 3.8) is 0 Å². The molecule has 0 amide bonds. The molecule has 2 aromatic rings. The Bertz CT molecular complexity index is 1060. The van der Waals surface area contributed by atoms with E-state index in [9.17, 15) is 14.7 Å². The zero-order chi connectivity index (χ0) is 19.6. The van der Waals surface area contributed by atoms with Gasteiger partial charge in [-0.2, -0.15) is 0 Å². The molecule has 8 heteroatoms. The second-order valence-electron chi connectivity index (χ2n) is 8.16. The van der Waals surface area contributed by atoms with Gasteiger partial charge in [-0.05, 0) is 32.3 Å². The zero-order valence-corrected chi connectivity index (χ0v) is 15.6. The lowest BCUT2D eigenvalue weighted by Crippen LogP contribution is -2.64. The number of rotatable bonds is 2. The standard InChI is InChI=1S/C20H22FN3O4/c1-11-9-28-18-15-12(17(25)13(19(26)27)8-24(11)15)7-14(21)16(18)23-6-5-22-20(10-23)3-2-4-20/h7-8,11,22H,2-6,9-10H2,1H3,(H,26,27)/t11-/m0/s1. The predicted molar refractivity (Wildman–Crippen MR) is 102 cm³/mol. The lowest BCUT2D eigenvalue weighted by Gasteiger charge is -2.50. The summed E-state index contributed by atoms with van der Waals surface area (Å²) in [4.78, 5) is 26.2. The first kappa shape index (κ1) is 17.5. The summed E-state index contributed by atoms with van der Waals surface area (Å²) >= 11 is 0. The molecular weight excluding hydrogens is 365 g/mol. The highest BCUT2D eigenvalue weighted by Crippen LogP contribution is 2.44. The molecule has 1 aromatic carbocycles. The number of carboxylic acids is 1. The summed E-state index contributed by atoms with van der Waals surface area (Å²) in [7, 11) is 0. The largest absolute Gasteiger partial charge is 0.487 e. The van der Waals surface area contributed by atoms with Crippen molar-refractivity contribution in [1.29, 1.82) is 0 Å². The van der Waals surface area contributed by atoms with Crippen LogP contribution in [-0.2, 0) is 0 Å². The highest BCUT2D eigenvalue weighted by atomic mass is 19.1. The Kier molecular flexibility index (Phi) is 3.71. The van der Waals surface area contributed by atoms with E-state index in [0.29, 0.717) is 30.0 Å². The van der Waals surface area contributed by atoms with E-state index in [-0.39, 0.29) is 29.1 Å². The Balaban J connectivity index is 1.74. The number of nitrogens with zero attached hydrogens (tertiary/aromatic N) is 2. The first-order valence-electron chi connectivity index (χ1n) is 9.68. The number of carbonyl (C=O) groups is 1. The first-order valence-corrected chi connectivity index (χ1v) is 9.68. The fourth-order valence-electron chi connectivity index (χ4n) is 4.74. The van der Waals surface area contributed by atoms with Crippen LogP contribution >= 0.6 is 0 Å². The van der Waals surface area contributed by atoms with E-state index < -0.39 is 17.2 Å². The topological polar surface area (TPSA) is 83.8 Å². The van der Waals surface area contributed by atoms with E-state index in [1.54, 1.807) is 4.57 Å². The number of piperazine rings is 1. The molecule has 7 nitrogen and oxygen atoms in total. The lowest BCUT2D eigenvalue weighted by molar-refractivity contribution is 0.0694. The van der Waals surface area contributed by atoms with E-state index in [2.05, 4.69) is 5.32 Å². The summed E-state index contributed by atoms with van der Waals surface area (Å²) in [6, 6.07) is 1.02. The maximum Gasteiger partial charge on any atom is 0.341 e. The highest BCUT2D eigenvalue weighted by Gasteiger charge is 2.42. The van der Waals surface area contributed by atoms with Crippen molar-refractivity contribution in [3.8, 4) is 5.75 Å². The van der Waals surface area contributed by atoms with Gasteiger partial charge in [0.05, 0.1) is 16.9 Å². The summed E-state index contributed by atoms with van der Waals surface area (Å²) in [6.07, 6.45) is 4.66. The van der Waals surface area contributed by atoms with E-state index in [1.807, 2.05) is 11.8 Å². The highest BCUT2D eigenvalue weighted by molar-refractivity contribution is 5.97. The quantitative estimate of drug-likeness (QED) is 0.821. The molecule has 2 N–H and O–H groups in total. The number of anilines is 1. The molecule has 0 bridgehead atoms. The molecule has 1 saturated carbocycles. The van der Waals surface area contributed by atoms with Crippen molar-refractivity contribution in [2.75, 3.05) is 31.1 Å². The minimum atomic E-state index is -1.31.